The highest BCUT2D eigenvalue weighted by Gasteiger charge is 2.21. The summed E-state index contributed by atoms with van der Waals surface area (Å²) in [5.74, 6) is -0.541. The van der Waals surface area contributed by atoms with Crippen LogP contribution in [-0.4, -0.2) is 40.6 Å². The number of likely N-dealkylation sites (tertiary alicyclic amines) is 1. The average molecular weight is 362 g/mol. The molecule has 2 aromatic rings. The zero-order valence-electron chi connectivity index (χ0n) is 14.9. The Morgan fingerprint density at radius 2 is 2.12 bits per heavy atom. The summed E-state index contributed by atoms with van der Waals surface area (Å²) in [6.07, 6.45) is 4.88. The molecule has 1 aliphatic rings. The first-order valence-electron chi connectivity index (χ1n) is 8.97. The van der Waals surface area contributed by atoms with Gasteiger partial charge in [-0.2, -0.15) is 5.10 Å². The molecule has 1 saturated heterocycles. The summed E-state index contributed by atoms with van der Waals surface area (Å²) >= 11 is 0. The summed E-state index contributed by atoms with van der Waals surface area (Å²) in [4.78, 5) is 13.3. The first kappa shape index (κ1) is 18.5. The number of benzene rings is 1. The number of nitrogens with zero attached hydrogens (tertiary/aromatic N) is 2. The van der Waals surface area contributed by atoms with Gasteiger partial charge in [0.1, 0.15) is 11.6 Å². The monoisotopic (exact) mass is 362 g/mol. The number of nitrogens with one attached hydrogen (secondary N) is 2. The van der Waals surface area contributed by atoms with Gasteiger partial charge in [-0.3, -0.25) is 14.8 Å². The predicted molar refractivity (Wildman–Crippen MR) is 95.2 cm³/mol. The maximum Gasteiger partial charge on any atom is 0.216 e. The van der Waals surface area contributed by atoms with Crippen molar-refractivity contribution >= 4 is 5.91 Å². The lowest BCUT2D eigenvalue weighted by molar-refractivity contribution is -0.119. The van der Waals surface area contributed by atoms with Crippen LogP contribution < -0.4 is 5.32 Å². The van der Waals surface area contributed by atoms with Crippen LogP contribution in [0.3, 0.4) is 0 Å². The molecule has 0 bridgehead atoms. The van der Waals surface area contributed by atoms with Crippen molar-refractivity contribution in [1.29, 1.82) is 0 Å². The van der Waals surface area contributed by atoms with E-state index in [2.05, 4.69) is 20.4 Å². The summed E-state index contributed by atoms with van der Waals surface area (Å²) in [6.45, 7) is 4.87. The third-order valence-corrected chi connectivity index (χ3v) is 4.95. The third kappa shape index (κ3) is 4.66. The molecule has 2 heterocycles. The number of carbonyl (C=O) groups is 1. The number of aromatic nitrogens is 2. The molecule has 0 radical (unpaired) electrons. The number of aromatic amines is 1. The fourth-order valence-electron chi connectivity index (χ4n) is 3.48. The molecule has 0 aliphatic carbocycles. The van der Waals surface area contributed by atoms with E-state index in [1.165, 1.54) is 19.1 Å². The van der Waals surface area contributed by atoms with Crippen LogP contribution in [0.4, 0.5) is 8.78 Å². The van der Waals surface area contributed by atoms with Crippen LogP contribution in [-0.2, 0) is 11.3 Å². The first-order valence-corrected chi connectivity index (χ1v) is 8.97. The van der Waals surface area contributed by atoms with Crippen molar-refractivity contribution in [3.05, 3.63) is 41.6 Å². The lowest BCUT2D eigenvalue weighted by Gasteiger charge is -2.32. The van der Waals surface area contributed by atoms with Crippen molar-refractivity contribution in [2.75, 3.05) is 19.6 Å². The number of halogens is 2. The highest BCUT2D eigenvalue weighted by atomic mass is 19.1. The Kier molecular flexibility index (Phi) is 5.98. The molecule has 1 aromatic heterocycles. The predicted octanol–water partition coefficient (Wildman–Crippen LogP) is 3.09. The lowest BCUT2D eigenvalue weighted by Crippen LogP contribution is -2.34. The molecule has 3 rings (SSSR count). The number of amides is 1. The van der Waals surface area contributed by atoms with Gasteiger partial charge < -0.3 is 5.32 Å². The van der Waals surface area contributed by atoms with Gasteiger partial charge in [-0.25, -0.2) is 8.78 Å². The van der Waals surface area contributed by atoms with Crippen LogP contribution in [0.25, 0.3) is 11.3 Å². The van der Waals surface area contributed by atoms with E-state index in [0.29, 0.717) is 23.7 Å². The summed E-state index contributed by atoms with van der Waals surface area (Å²) in [7, 11) is 0. The van der Waals surface area contributed by atoms with Crippen LogP contribution in [0, 0.1) is 17.6 Å². The van der Waals surface area contributed by atoms with E-state index in [9.17, 15) is 13.6 Å². The molecular formula is C19H24F2N4O. The van der Waals surface area contributed by atoms with E-state index in [-0.39, 0.29) is 5.91 Å². The number of hydrogen-bond acceptors (Lipinski definition) is 3. The zero-order chi connectivity index (χ0) is 18.5. The molecule has 0 spiro atoms. The second kappa shape index (κ2) is 8.40. The molecule has 7 heteroatoms. The van der Waals surface area contributed by atoms with E-state index in [0.717, 1.165) is 50.5 Å². The minimum atomic E-state index is -0.591. The Hall–Kier alpha value is -2.28. The molecule has 5 nitrogen and oxygen atoms in total. The molecule has 26 heavy (non-hydrogen) atoms. The van der Waals surface area contributed by atoms with Gasteiger partial charge in [-0.15, -0.1) is 0 Å². The van der Waals surface area contributed by atoms with Crippen molar-refractivity contribution in [2.24, 2.45) is 5.92 Å². The Balaban J connectivity index is 1.56. The van der Waals surface area contributed by atoms with Gasteiger partial charge in [-0.05, 0) is 50.4 Å². The summed E-state index contributed by atoms with van der Waals surface area (Å²) < 4.78 is 27.2. The molecule has 140 valence electrons. The average Bonchev–Trinajstić information content (AvgIpc) is 3.04. The minimum Gasteiger partial charge on any atom is -0.356 e. The fraction of sp³-hybridized carbons (Fsp3) is 0.474. The van der Waals surface area contributed by atoms with Crippen molar-refractivity contribution in [1.82, 2.24) is 20.4 Å². The molecule has 1 aliphatic heterocycles. The number of piperidine rings is 1. The van der Waals surface area contributed by atoms with Crippen molar-refractivity contribution in [2.45, 2.75) is 32.7 Å². The Morgan fingerprint density at radius 1 is 1.35 bits per heavy atom. The second-order valence-electron chi connectivity index (χ2n) is 6.89. The van der Waals surface area contributed by atoms with E-state index in [4.69, 9.17) is 0 Å². The van der Waals surface area contributed by atoms with Crippen molar-refractivity contribution < 1.29 is 13.6 Å². The lowest BCUT2D eigenvalue weighted by atomic mass is 9.93. The van der Waals surface area contributed by atoms with E-state index >= 15 is 0 Å². The second-order valence-corrected chi connectivity index (χ2v) is 6.89. The first-order chi connectivity index (χ1) is 12.5. The van der Waals surface area contributed by atoms with E-state index in [1.54, 1.807) is 6.20 Å². The van der Waals surface area contributed by atoms with Crippen LogP contribution in [0.1, 0.15) is 31.7 Å². The largest absolute Gasteiger partial charge is 0.356 e. The zero-order valence-corrected chi connectivity index (χ0v) is 14.9. The molecule has 1 aromatic carbocycles. The van der Waals surface area contributed by atoms with Crippen LogP contribution in [0.2, 0.25) is 0 Å². The third-order valence-electron chi connectivity index (χ3n) is 4.95. The van der Waals surface area contributed by atoms with Gasteiger partial charge in [-0.1, -0.05) is 0 Å². The SMILES string of the molecule is CC(=O)NCCC1CCN(Cc2cn[nH]c2-c2ccc(F)cc2F)CC1. The number of rotatable bonds is 6. The fourth-order valence-corrected chi connectivity index (χ4v) is 3.48. The molecule has 2 N–H and O–H groups in total. The van der Waals surface area contributed by atoms with Crippen molar-refractivity contribution in [3.63, 3.8) is 0 Å². The van der Waals surface area contributed by atoms with Crippen LogP contribution >= 0.6 is 0 Å². The summed E-state index contributed by atoms with van der Waals surface area (Å²) in [5, 5.41) is 9.74. The molecule has 1 amide bonds. The number of carbonyl (C=O) groups excluding carboxylic acids is 1. The highest BCUT2D eigenvalue weighted by Crippen LogP contribution is 2.27. The molecule has 1 fully saturated rings. The minimum absolute atomic E-state index is 0.0166. The van der Waals surface area contributed by atoms with Crippen LogP contribution in [0.15, 0.2) is 24.4 Å². The molecule has 0 unspecified atom stereocenters. The Bertz CT molecular complexity index is 754. The normalized spacial score (nSPS) is 16.0. The van der Waals surface area contributed by atoms with Crippen LogP contribution in [0.5, 0.6) is 0 Å². The Morgan fingerprint density at radius 3 is 2.81 bits per heavy atom. The summed E-state index contributed by atoms with van der Waals surface area (Å²) in [5.41, 5.74) is 1.85. The molecular weight excluding hydrogens is 338 g/mol. The van der Waals surface area contributed by atoms with E-state index in [1.807, 2.05) is 0 Å². The highest BCUT2D eigenvalue weighted by molar-refractivity contribution is 5.72. The number of hydrogen-bond donors (Lipinski definition) is 2. The maximum atomic E-state index is 14.1. The smallest absolute Gasteiger partial charge is 0.216 e. The maximum absolute atomic E-state index is 14.1. The molecule has 0 saturated carbocycles. The summed E-state index contributed by atoms with van der Waals surface area (Å²) in [6, 6.07) is 3.58. The number of H-pyrrole nitrogens is 1. The van der Waals surface area contributed by atoms with Gasteiger partial charge in [0.15, 0.2) is 0 Å². The molecule has 0 atom stereocenters. The topological polar surface area (TPSA) is 61.0 Å². The Labute approximate surface area is 151 Å². The van der Waals surface area contributed by atoms with Gasteiger partial charge in [0.25, 0.3) is 0 Å². The van der Waals surface area contributed by atoms with Crippen molar-refractivity contribution in [3.8, 4) is 11.3 Å². The van der Waals surface area contributed by atoms with Gasteiger partial charge in [0.05, 0.1) is 11.9 Å². The van der Waals surface area contributed by atoms with Gasteiger partial charge in [0.2, 0.25) is 5.91 Å². The standard InChI is InChI=1S/C19H24F2N4O/c1-13(26)22-7-4-14-5-8-25(9-6-14)12-15-11-23-24-19(15)17-3-2-16(20)10-18(17)21/h2-3,10-11,14H,4-9,12H2,1H3,(H,22,26)(H,23,24). The van der Waals surface area contributed by atoms with E-state index < -0.39 is 11.6 Å². The van der Waals surface area contributed by atoms with Gasteiger partial charge >= 0.3 is 0 Å². The van der Waals surface area contributed by atoms with Gasteiger partial charge in [0, 0.05) is 37.2 Å². The quantitative estimate of drug-likeness (QED) is 0.830.